The maximum absolute atomic E-state index is 11.3. The van der Waals surface area contributed by atoms with Crippen LogP contribution >= 0.6 is 0 Å². The number of nitriles is 1. The quantitative estimate of drug-likeness (QED) is 0.641. The van der Waals surface area contributed by atoms with Crippen molar-refractivity contribution in [1.29, 1.82) is 5.26 Å². The number of nitrogens with zero attached hydrogens (tertiary/aromatic N) is 1. The highest BCUT2D eigenvalue weighted by Gasteiger charge is 2.20. The highest BCUT2D eigenvalue weighted by atomic mass is 16.7. The first-order valence-corrected chi connectivity index (χ1v) is 4.18. The normalized spacial score (nSPS) is 12.0. The molecule has 0 N–H and O–H groups in total. The third-order valence-electron chi connectivity index (χ3n) is 2.04. The minimum Gasteiger partial charge on any atom is -0.465 e. The Balaban J connectivity index is 2.55. The van der Waals surface area contributed by atoms with E-state index in [-0.39, 0.29) is 17.9 Å². The van der Waals surface area contributed by atoms with Crippen LogP contribution in [-0.4, -0.2) is 19.9 Å². The summed E-state index contributed by atoms with van der Waals surface area (Å²) in [5, 5.41) is 8.84. The van der Waals surface area contributed by atoms with Crippen LogP contribution in [0.15, 0.2) is 12.1 Å². The molecule has 2 rings (SSSR count). The SMILES string of the molecule is COC(=O)c1cc2c(cc1C#N)OCO2. The van der Waals surface area contributed by atoms with Gasteiger partial charge < -0.3 is 14.2 Å². The van der Waals surface area contributed by atoms with Crippen molar-refractivity contribution in [1.82, 2.24) is 0 Å². The van der Waals surface area contributed by atoms with Crippen LogP contribution in [0.2, 0.25) is 0 Å². The number of hydrogen-bond donors (Lipinski definition) is 0. The van der Waals surface area contributed by atoms with Crippen LogP contribution in [0, 0.1) is 11.3 Å². The second kappa shape index (κ2) is 3.50. The molecule has 0 saturated heterocycles. The molecule has 1 aromatic rings. The number of methoxy groups -OCH3 is 1. The zero-order chi connectivity index (χ0) is 10.8. The molecule has 1 aliphatic rings. The molecule has 15 heavy (non-hydrogen) atoms. The van der Waals surface area contributed by atoms with Crippen LogP contribution in [0.3, 0.4) is 0 Å². The van der Waals surface area contributed by atoms with Gasteiger partial charge in [0.1, 0.15) is 6.07 Å². The number of fused-ring (bicyclic) bond motifs is 1. The van der Waals surface area contributed by atoms with E-state index in [0.717, 1.165) is 0 Å². The highest BCUT2D eigenvalue weighted by molar-refractivity contribution is 5.93. The summed E-state index contributed by atoms with van der Waals surface area (Å²) in [7, 11) is 1.26. The number of hydrogen-bond acceptors (Lipinski definition) is 5. The van der Waals surface area contributed by atoms with Crippen LogP contribution < -0.4 is 9.47 Å². The van der Waals surface area contributed by atoms with E-state index in [1.807, 2.05) is 6.07 Å². The molecule has 0 bridgehead atoms. The zero-order valence-electron chi connectivity index (χ0n) is 7.94. The molecule has 5 nitrogen and oxygen atoms in total. The van der Waals surface area contributed by atoms with Crippen molar-refractivity contribution in [3.63, 3.8) is 0 Å². The molecule has 5 heteroatoms. The Morgan fingerprint density at radius 3 is 2.73 bits per heavy atom. The third kappa shape index (κ3) is 1.46. The molecule has 0 amide bonds. The summed E-state index contributed by atoms with van der Waals surface area (Å²) in [6, 6.07) is 4.82. The first-order chi connectivity index (χ1) is 7.26. The van der Waals surface area contributed by atoms with E-state index in [1.54, 1.807) is 0 Å². The fourth-order valence-corrected chi connectivity index (χ4v) is 1.31. The van der Waals surface area contributed by atoms with Gasteiger partial charge in [0.2, 0.25) is 6.79 Å². The highest BCUT2D eigenvalue weighted by Crippen LogP contribution is 2.34. The standard InChI is InChI=1S/C10H7NO4/c1-13-10(12)7-3-9-8(14-5-15-9)2-6(7)4-11/h2-3H,5H2,1H3. The van der Waals surface area contributed by atoms with E-state index in [0.29, 0.717) is 11.5 Å². The number of esters is 1. The summed E-state index contributed by atoms with van der Waals surface area (Å²) in [4.78, 5) is 11.3. The molecule has 0 saturated carbocycles. The average molecular weight is 205 g/mol. The van der Waals surface area contributed by atoms with Crippen molar-refractivity contribution in [2.24, 2.45) is 0 Å². The minimum absolute atomic E-state index is 0.102. The molecule has 1 aromatic carbocycles. The van der Waals surface area contributed by atoms with E-state index < -0.39 is 5.97 Å². The van der Waals surface area contributed by atoms with Gasteiger partial charge in [-0.2, -0.15) is 5.26 Å². The monoisotopic (exact) mass is 205 g/mol. The van der Waals surface area contributed by atoms with E-state index >= 15 is 0 Å². The van der Waals surface area contributed by atoms with E-state index in [2.05, 4.69) is 4.74 Å². The number of carbonyl (C=O) groups is 1. The van der Waals surface area contributed by atoms with Gasteiger partial charge in [-0.25, -0.2) is 4.79 Å². The summed E-state index contributed by atoms with van der Waals surface area (Å²) < 4.78 is 14.7. The van der Waals surface area contributed by atoms with Gasteiger partial charge in [0, 0.05) is 12.1 Å². The summed E-state index contributed by atoms with van der Waals surface area (Å²) in [6.45, 7) is 0.102. The maximum Gasteiger partial charge on any atom is 0.339 e. The number of benzene rings is 1. The lowest BCUT2D eigenvalue weighted by Gasteiger charge is -2.03. The molecule has 0 aliphatic carbocycles. The Morgan fingerprint density at radius 2 is 2.13 bits per heavy atom. The number of rotatable bonds is 1. The molecule has 1 heterocycles. The lowest BCUT2D eigenvalue weighted by molar-refractivity contribution is 0.0600. The third-order valence-corrected chi connectivity index (χ3v) is 2.04. The number of ether oxygens (including phenoxy) is 3. The molecule has 0 fully saturated rings. The van der Waals surface area contributed by atoms with Crippen molar-refractivity contribution in [3.05, 3.63) is 23.3 Å². The molecule has 1 aliphatic heterocycles. The van der Waals surface area contributed by atoms with E-state index in [4.69, 9.17) is 14.7 Å². The number of carbonyl (C=O) groups excluding carboxylic acids is 1. The fourth-order valence-electron chi connectivity index (χ4n) is 1.31. The van der Waals surface area contributed by atoms with Crippen LogP contribution in [0.25, 0.3) is 0 Å². The van der Waals surface area contributed by atoms with Crippen molar-refractivity contribution in [3.8, 4) is 17.6 Å². The minimum atomic E-state index is -0.565. The topological polar surface area (TPSA) is 68.6 Å². The molecule has 76 valence electrons. The van der Waals surface area contributed by atoms with Crippen LogP contribution in [-0.2, 0) is 4.74 Å². The molecular weight excluding hydrogens is 198 g/mol. The zero-order valence-corrected chi connectivity index (χ0v) is 7.94. The summed E-state index contributed by atoms with van der Waals surface area (Å²) in [5.74, 6) is 0.360. The Morgan fingerprint density at radius 1 is 1.47 bits per heavy atom. The van der Waals surface area contributed by atoms with Gasteiger partial charge in [-0.3, -0.25) is 0 Å². The summed E-state index contributed by atoms with van der Waals surface area (Å²) in [5.41, 5.74) is 0.398. The van der Waals surface area contributed by atoms with Crippen LogP contribution in [0.5, 0.6) is 11.5 Å². The molecule has 0 atom stereocenters. The average Bonchev–Trinajstić information content (AvgIpc) is 2.73. The summed E-state index contributed by atoms with van der Waals surface area (Å²) in [6.07, 6.45) is 0. The Bertz CT molecular complexity index is 461. The second-order valence-corrected chi connectivity index (χ2v) is 2.85. The van der Waals surface area contributed by atoms with E-state index in [9.17, 15) is 4.79 Å². The Kier molecular flexibility index (Phi) is 2.18. The molecule has 0 unspecified atom stereocenters. The van der Waals surface area contributed by atoms with Crippen LogP contribution in [0.4, 0.5) is 0 Å². The van der Waals surface area contributed by atoms with Crippen molar-refractivity contribution >= 4 is 5.97 Å². The van der Waals surface area contributed by atoms with Gasteiger partial charge in [0.25, 0.3) is 0 Å². The first-order valence-electron chi connectivity index (χ1n) is 4.18. The fraction of sp³-hybridized carbons (Fsp3) is 0.200. The smallest absolute Gasteiger partial charge is 0.339 e. The van der Waals surface area contributed by atoms with Gasteiger partial charge in [-0.15, -0.1) is 0 Å². The first kappa shape index (κ1) is 9.34. The van der Waals surface area contributed by atoms with Crippen LogP contribution in [0.1, 0.15) is 15.9 Å². The second-order valence-electron chi connectivity index (χ2n) is 2.85. The largest absolute Gasteiger partial charge is 0.465 e. The summed E-state index contributed by atoms with van der Waals surface area (Å²) >= 11 is 0. The lowest BCUT2D eigenvalue weighted by Crippen LogP contribution is -2.04. The molecule has 0 spiro atoms. The van der Waals surface area contributed by atoms with Crippen molar-refractivity contribution < 1.29 is 19.0 Å². The van der Waals surface area contributed by atoms with Crippen molar-refractivity contribution in [2.75, 3.05) is 13.9 Å². The molecular formula is C10H7NO4. The maximum atomic E-state index is 11.3. The van der Waals surface area contributed by atoms with Gasteiger partial charge in [-0.05, 0) is 0 Å². The molecule has 0 aromatic heterocycles. The van der Waals surface area contributed by atoms with Crippen molar-refractivity contribution in [2.45, 2.75) is 0 Å². The molecule has 0 radical (unpaired) electrons. The van der Waals surface area contributed by atoms with Gasteiger partial charge >= 0.3 is 5.97 Å². The van der Waals surface area contributed by atoms with Gasteiger partial charge in [0.15, 0.2) is 11.5 Å². The Labute approximate surface area is 85.8 Å². The Hall–Kier alpha value is -2.22. The van der Waals surface area contributed by atoms with Gasteiger partial charge in [-0.1, -0.05) is 0 Å². The van der Waals surface area contributed by atoms with Gasteiger partial charge in [0.05, 0.1) is 18.2 Å². The van der Waals surface area contributed by atoms with E-state index in [1.165, 1.54) is 19.2 Å². The predicted octanol–water partition coefficient (Wildman–Crippen LogP) is 1.07. The lowest BCUT2D eigenvalue weighted by atomic mass is 10.1. The predicted molar refractivity (Wildman–Crippen MR) is 48.6 cm³/mol.